The van der Waals surface area contributed by atoms with E-state index < -0.39 is 0 Å². The van der Waals surface area contributed by atoms with E-state index in [0.717, 1.165) is 42.0 Å². The van der Waals surface area contributed by atoms with Crippen LogP contribution in [-0.2, 0) is 6.54 Å². The Morgan fingerprint density at radius 3 is 2.75 bits per heavy atom. The molecular formula is C18H28N4O2. The van der Waals surface area contributed by atoms with E-state index in [1.54, 1.807) is 0 Å². The molecule has 132 valence electrons. The van der Waals surface area contributed by atoms with Gasteiger partial charge in [0.25, 0.3) is 0 Å². The van der Waals surface area contributed by atoms with Gasteiger partial charge in [0.1, 0.15) is 0 Å². The fourth-order valence-electron chi connectivity index (χ4n) is 3.00. The molecule has 1 atom stereocenters. The number of hydrogen-bond acceptors (Lipinski definition) is 4. The molecule has 0 bridgehead atoms. The monoisotopic (exact) mass is 332 g/mol. The van der Waals surface area contributed by atoms with Crippen molar-refractivity contribution in [1.29, 1.82) is 0 Å². The Hall–Kier alpha value is -1.95. The van der Waals surface area contributed by atoms with Crippen LogP contribution < -0.4 is 20.1 Å². The van der Waals surface area contributed by atoms with Gasteiger partial charge in [0.15, 0.2) is 17.5 Å². The Labute approximate surface area is 144 Å². The first-order valence-electron chi connectivity index (χ1n) is 8.74. The third-order valence-electron chi connectivity index (χ3n) is 4.51. The molecule has 1 heterocycles. The first kappa shape index (κ1) is 16.9. The van der Waals surface area contributed by atoms with Gasteiger partial charge < -0.3 is 25.0 Å². The zero-order valence-corrected chi connectivity index (χ0v) is 14.8. The van der Waals surface area contributed by atoms with E-state index in [0.29, 0.717) is 19.4 Å². The van der Waals surface area contributed by atoms with Gasteiger partial charge in [-0.15, -0.1) is 0 Å². The van der Waals surface area contributed by atoms with Gasteiger partial charge >= 0.3 is 0 Å². The molecule has 0 saturated heterocycles. The molecule has 1 unspecified atom stereocenters. The molecule has 2 N–H and O–H groups in total. The Morgan fingerprint density at radius 1 is 1.25 bits per heavy atom. The van der Waals surface area contributed by atoms with Gasteiger partial charge in [0.2, 0.25) is 6.79 Å². The fraction of sp³-hybridized carbons (Fsp3) is 0.611. The smallest absolute Gasteiger partial charge is 0.231 e. The number of fused-ring (bicyclic) bond motifs is 1. The van der Waals surface area contributed by atoms with Gasteiger partial charge in [-0.25, -0.2) is 4.99 Å². The summed E-state index contributed by atoms with van der Waals surface area (Å²) in [5.74, 6) is 3.31. The van der Waals surface area contributed by atoms with Crippen LogP contribution in [0.1, 0.15) is 25.3 Å². The number of nitrogens with zero attached hydrogens (tertiary/aromatic N) is 2. The van der Waals surface area contributed by atoms with Gasteiger partial charge in [-0.05, 0) is 57.5 Å². The highest BCUT2D eigenvalue weighted by atomic mass is 16.7. The van der Waals surface area contributed by atoms with Crippen LogP contribution in [0, 0.1) is 5.92 Å². The topological polar surface area (TPSA) is 58.1 Å². The van der Waals surface area contributed by atoms with Crippen molar-refractivity contribution in [2.24, 2.45) is 10.9 Å². The maximum atomic E-state index is 5.42. The zero-order valence-electron chi connectivity index (χ0n) is 14.8. The van der Waals surface area contributed by atoms with E-state index in [9.17, 15) is 0 Å². The van der Waals surface area contributed by atoms with E-state index in [1.165, 1.54) is 12.8 Å². The lowest BCUT2D eigenvalue weighted by molar-refractivity contribution is 0.174. The SMILES string of the molecule is CCNC(=NCc1ccc2c(c1)OCO2)NCC(C1CC1)N(C)C. The van der Waals surface area contributed by atoms with Crippen molar-refractivity contribution < 1.29 is 9.47 Å². The molecule has 3 rings (SSSR count). The van der Waals surface area contributed by atoms with Gasteiger partial charge in [-0.1, -0.05) is 6.07 Å². The quantitative estimate of drug-likeness (QED) is 0.589. The highest BCUT2D eigenvalue weighted by molar-refractivity contribution is 5.79. The van der Waals surface area contributed by atoms with Crippen LogP contribution in [0.2, 0.25) is 0 Å². The van der Waals surface area contributed by atoms with Gasteiger partial charge in [-0.2, -0.15) is 0 Å². The third kappa shape index (κ3) is 4.32. The minimum Gasteiger partial charge on any atom is -0.454 e. The van der Waals surface area contributed by atoms with E-state index in [4.69, 9.17) is 14.5 Å². The molecule has 24 heavy (non-hydrogen) atoms. The van der Waals surface area contributed by atoms with Crippen molar-refractivity contribution in [2.45, 2.75) is 32.4 Å². The maximum absolute atomic E-state index is 5.42. The number of likely N-dealkylation sites (N-methyl/N-ethyl adjacent to an activating group) is 1. The second-order valence-corrected chi connectivity index (χ2v) is 6.63. The molecule has 1 fully saturated rings. The predicted octanol–water partition coefficient (Wildman–Crippen LogP) is 1.81. The molecule has 0 aromatic heterocycles. The predicted molar refractivity (Wildman–Crippen MR) is 95.6 cm³/mol. The summed E-state index contributed by atoms with van der Waals surface area (Å²) in [5, 5.41) is 6.81. The second kappa shape index (κ2) is 7.75. The van der Waals surface area contributed by atoms with E-state index in [-0.39, 0.29) is 0 Å². The molecular weight excluding hydrogens is 304 g/mol. The Kier molecular flexibility index (Phi) is 5.45. The molecule has 2 aliphatic rings. The normalized spacial score (nSPS) is 17.9. The first-order valence-corrected chi connectivity index (χ1v) is 8.74. The Morgan fingerprint density at radius 2 is 2.04 bits per heavy atom. The van der Waals surface area contributed by atoms with Crippen molar-refractivity contribution in [3.05, 3.63) is 23.8 Å². The summed E-state index contributed by atoms with van der Waals surface area (Å²) in [6.07, 6.45) is 2.69. The summed E-state index contributed by atoms with van der Waals surface area (Å²) in [7, 11) is 4.31. The lowest BCUT2D eigenvalue weighted by atomic mass is 10.1. The number of guanidine groups is 1. The van der Waals surface area contributed by atoms with Crippen LogP contribution in [0.4, 0.5) is 0 Å². The summed E-state index contributed by atoms with van der Waals surface area (Å²) in [6, 6.07) is 6.55. The summed E-state index contributed by atoms with van der Waals surface area (Å²) in [5.41, 5.74) is 1.11. The molecule has 6 heteroatoms. The van der Waals surface area contributed by atoms with Crippen molar-refractivity contribution in [2.75, 3.05) is 34.0 Å². The molecule has 0 spiro atoms. The van der Waals surface area contributed by atoms with Crippen LogP contribution in [0.5, 0.6) is 11.5 Å². The number of hydrogen-bond donors (Lipinski definition) is 2. The minimum absolute atomic E-state index is 0.305. The summed E-state index contributed by atoms with van der Waals surface area (Å²) < 4.78 is 10.8. The number of ether oxygens (including phenoxy) is 2. The Balaban J connectivity index is 1.58. The van der Waals surface area contributed by atoms with Crippen molar-refractivity contribution >= 4 is 5.96 Å². The third-order valence-corrected chi connectivity index (χ3v) is 4.51. The molecule has 1 saturated carbocycles. The number of rotatable bonds is 7. The molecule has 1 aromatic carbocycles. The first-order chi connectivity index (χ1) is 11.7. The molecule has 1 aromatic rings. The molecule has 0 amide bonds. The van der Waals surface area contributed by atoms with Crippen LogP contribution in [0.15, 0.2) is 23.2 Å². The van der Waals surface area contributed by atoms with Gasteiger partial charge in [0, 0.05) is 19.1 Å². The van der Waals surface area contributed by atoms with Crippen LogP contribution >= 0.6 is 0 Å². The van der Waals surface area contributed by atoms with E-state index in [1.807, 2.05) is 18.2 Å². The molecule has 0 radical (unpaired) electrons. The fourth-order valence-corrected chi connectivity index (χ4v) is 3.00. The highest BCUT2D eigenvalue weighted by Gasteiger charge is 2.32. The molecule has 6 nitrogen and oxygen atoms in total. The van der Waals surface area contributed by atoms with Crippen molar-refractivity contribution in [3.8, 4) is 11.5 Å². The van der Waals surface area contributed by atoms with Crippen LogP contribution in [0.3, 0.4) is 0 Å². The second-order valence-electron chi connectivity index (χ2n) is 6.63. The summed E-state index contributed by atoms with van der Waals surface area (Å²) in [4.78, 5) is 7.01. The average Bonchev–Trinajstić information content (AvgIpc) is 3.28. The minimum atomic E-state index is 0.305. The number of benzene rings is 1. The number of aliphatic imine (C=N–C) groups is 1. The highest BCUT2D eigenvalue weighted by Crippen LogP contribution is 2.34. The van der Waals surface area contributed by atoms with Gasteiger partial charge in [0.05, 0.1) is 6.54 Å². The van der Waals surface area contributed by atoms with Crippen molar-refractivity contribution in [3.63, 3.8) is 0 Å². The molecule has 1 aliphatic heterocycles. The lowest BCUT2D eigenvalue weighted by Gasteiger charge is -2.25. The summed E-state index contributed by atoms with van der Waals surface area (Å²) in [6.45, 7) is 4.77. The van der Waals surface area contributed by atoms with Crippen molar-refractivity contribution in [1.82, 2.24) is 15.5 Å². The average molecular weight is 332 g/mol. The van der Waals surface area contributed by atoms with E-state index >= 15 is 0 Å². The molecule has 1 aliphatic carbocycles. The van der Waals surface area contributed by atoms with Crippen LogP contribution in [0.25, 0.3) is 0 Å². The zero-order chi connectivity index (χ0) is 16.9. The van der Waals surface area contributed by atoms with Gasteiger partial charge in [-0.3, -0.25) is 0 Å². The number of nitrogens with one attached hydrogen (secondary N) is 2. The summed E-state index contributed by atoms with van der Waals surface area (Å²) >= 11 is 0. The lowest BCUT2D eigenvalue weighted by Crippen LogP contribution is -2.46. The maximum Gasteiger partial charge on any atom is 0.231 e. The van der Waals surface area contributed by atoms with E-state index in [2.05, 4.69) is 36.6 Å². The Bertz CT molecular complexity index is 582. The standard InChI is InChI=1S/C18H28N4O2/c1-4-19-18(21-11-15(22(2)3)14-6-7-14)20-10-13-5-8-16-17(9-13)24-12-23-16/h5,8-9,14-15H,4,6-7,10-12H2,1-3H3,(H2,19,20,21). The largest absolute Gasteiger partial charge is 0.454 e. The van der Waals surface area contributed by atoms with Crippen LogP contribution in [-0.4, -0.2) is 50.9 Å².